The number of hydrogen-bond acceptors (Lipinski definition) is 5. The number of morpholine rings is 1. The molecular weight excluding hydrogens is 467 g/mol. The van der Waals surface area contributed by atoms with Crippen LogP contribution in [0.15, 0.2) is 66.7 Å². The predicted molar refractivity (Wildman–Crippen MR) is 128 cm³/mol. The molecule has 1 fully saturated rings. The van der Waals surface area contributed by atoms with E-state index >= 15 is 0 Å². The molecule has 7 nitrogen and oxygen atoms in total. The highest BCUT2D eigenvalue weighted by atomic mass is 35.5. The lowest BCUT2D eigenvalue weighted by atomic mass is 10.1. The summed E-state index contributed by atoms with van der Waals surface area (Å²) in [4.78, 5) is 23.6. The van der Waals surface area contributed by atoms with Crippen molar-refractivity contribution in [2.24, 2.45) is 0 Å². The molecule has 1 amide bonds. The average molecular weight is 489 g/mol. The minimum absolute atomic E-state index is 0. The molecule has 0 spiro atoms. The fourth-order valence-corrected chi connectivity index (χ4v) is 3.56. The third-order valence-corrected chi connectivity index (χ3v) is 5.30. The summed E-state index contributed by atoms with van der Waals surface area (Å²) in [5.74, 6) is -0.458. The molecule has 0 radical (unpaired) electrons. The topological polar surface area (TPSA) is 96.9 Å². The minimum atomic E-state index is -1.11. The van der Waals surface area contributed by atoms with Crippen LogP contribution in [0.25, 0.3) is 0 Å². The van der Waals surface area contributed by atoms with Gasteiger partial charge in [0.2, 0.25) is 0 Å². The molecular formula is C24H22Cl2N2O5. The Kier molecular flexibility index (Phi) is 8.30. The zero-order valence-corrected chi connectivity index (χ0v) is 19.0. The molecule has 3 aromatic carbocycles. The first kappa shape index (κ1) is 24.5. The third kappa shape index (κ3) is 6.24. The second-order valence-electron chi connectivity index (χ2n) is 7.21. The minimum Gasteiger partial charge on any atom is -0.478 e. The number of nitrogens with one attached hydrogen (secondary N) is 2. The second-order valence-corrected chi connectivity index (χ2v) is 7.62. The van der Waals surface area contributed by atoms with Crippen LogP contribution in [-0.4, -0.2) is 36.7 Å². The van der Waals surface area contributed by atoms with Crippen molar-refractivity contribution >= 4 is 41.6 Å². The predicted octanol–water partition coefficient (Wildman–Crippen LogP) is 5.17. The Hall–Kier alpha value is -3.10. The number of carbonyl (C=O) groups excluding carboxylic acids is 1. The highest BCUT2D eigenvalue weighted by Gasteiger charge is 2.16. The largest absolute Gasteiger partial charge is 0.478 e. The second kappa shape index (κ2) is 11.2. The summed E-state index contributed by atoms with van der Waals surface area (Å²) < 4.78 is 11.4. The zero-order valence-electron chi connectivity index (χ0n) is 17.4. The molecule has 0 aromatic heterocycles. The molecule has 9 heteroatoms. The lowest BCUT2D eigenvalue weighted by Crippen LogP contribution is -2.33. The first-order chi connectivity index (χ1) is 15.5. The zero-order chi connectivity index (χ0) is 22.5. The van der Waals surface area contributed by atoms with Gasteiger partial charge in [-0.05, 0) is 54.1 Å². The number of amides is 1. The molecule has 4 rings (SSSR count). The number of carboxylic acids is 1. The summed E-state index contributed by atoms with van der Waals surface area (Å²) in [6.45, 7) is 2.32. The number of carboxylic acid groups (broad SMARTS) is 1. The van der Waals surface area contributed by atoms with Crippen LogP contribution in [0.4, 0.5) is 5.69 Å². The molecule has 3 N–H and O–H groups in total. The van der Waals surface area contributed by atoms with Crippen molar-refractivity contribution in [3.8, 4) is 11.5 Å². The van der Waals surface area contributed by atoms with E-state index in [1.807, 2.05) is 24.3 Å². The summed E-state index contributed by atoms with van der Waals surface area (Å²) in [5, 5.41) is 15.3. The van der Waals surface area contributed by atoms with Gasteiger partial charge < -0.3 is 25.2 Å². The Labute approximate surface area is 202 Å². The van der Waals surface area contributed by atoms with E-state index in [2.05, 4.69) is 10.6 Å². The van der Waals surface area contributed by atoms with Crippen LogP contribution < -0.4 is 15.4 Å². The quantitative estimate of drug-likeness (QED) is 0.443. The van der Waals surface area contributed by atoms with Crippen molar-refractivity contribution in [2.45, 2.75) is 6.10 Å². The number of carbonyl (C=O) groups is 2. The van der Waals surface area contributed by atoms with Crippen molar-refractivity contribution in [1.82, 2.24) is 5.32 Å². The van der Waals surface area contributed by atoms with Crippen molar-refractivity contribution in [3.05, 3.63) is 88.4 Å². The highest BCUT2D eigenvalue weighted by Crippen LogP contribution is 2.27. The number of hydrogen-bond donors (Lipinski definition) is 3. The fourth-order valence-electron chi connectivity index (χ4n) is 3.31. The van der Waals surface area contributed by atoms with Gasteiger partial charge in [-0.25, -0.2) is 4.79 Å². The standard InChI is InChI=1S/C24H21ClN2O5.ClH/c25-21-13-19(9-10-20(21)24(29)30)32-18-7-3-16(4-8-18)23(28)27-17-5-1-15(2-6-17)22-14-26-11-12-31-22;/h1-10,13,22,26H,11-12,14H2,(H,27,28)(H,29,30);1H. The molecule has 1 unspecified atom stereocenters. The molecule has 33 heavy (non-hydrogen) atoms. The van der Waals surface area contributed by atoms with Gasteiger partial charge in [0, 0.05) is 30.4 Å². The normalized spacial score (nSPS) is 15.2. The van der Waals surface area contributed by atoms with Crippen LogP contribution >= 0.6 is 24.0 Å². The number of aromatic carboxylic acids is 1. The van der Waals surface area contributed by atoms with E-state index in [1.54, 1.807) is 24.3 Å². The Morgan fingerprint density at radius 1 is 1.03 bits per heavy atom. The Morgan fingerprint density at radius 2 is 1.73 bits per heavy atom. The van der Waals surface area contributed by atoms with Crippen LogP contribution in [-0.2, 0) is 4.74 Å². The lowest BCUT2D eigenvalue weighted by molar-refractivity contribution is 0.0277. The van der Waals surface area contributed by atoms with E-state index in [4.69, 9.17) is 26.2 Å². The van der Waals surface area contributed by atoms with Gasteiger partial charge in [0.15, 0.2) is 0 Å². The maximum atomic E-state index is 12.6. The van der Waals surface area contributed by atoms with Crippen LogP contribution in [0.1, 0.15) is 32.4 Å². The third-order valence-electron chi connectivity index (χ3n) is 4.99. The lowest BCUT2D eigenvalue weighted by Gasteiger charge is -2.24. The van der Waals surface area contributed by atoms with Gasteiger partial charge >= 0.3 is 5.97 Å². The Morgan fingerprint density at radius 3 is 2.33 bits per heavy atom. The molecule has 1 atom stereocenters. The van der Waals surface area contributed by atoms with Gasteiger partial charge in [-0.3, -0.25) is 4.79 Å². The Bertz CT molecular complexity index is 1110. The van der Waals surface area contributed by atoms with Crippen molar-refractivity contribution in [1.29, 1.82) is 0 Å². The summed E-state index contributed by atoms with van der Waals surface area (Å²) in [7, 11) is 0. The van der Waals surface area contributed by atoms with Crippen molar-refractivity contribution < 1.29 is 24.2 Å². The van der Waals surface area contributed by atoms with Crippen LogP contribution in [0.5, 0.6) is 11.5 Å². The van der Waals surface area contributed by atoms with E-state index in [-0.39, 0.29) is 35.0 Å². The fraction of sp³-hybridized carbons (Fsp3) is 0.167. The van der Waals surface area contributed by atoms with Gasteiger partial charge in [-0.2, -0.15) is 0 Å². The van der Waals surface area contributed by atoms with Gasteiger partial charge in [0.1, 0.15) is 11.5 Å². The van der Waals surface area contributed by atoms with E-state index in [0.717, 1.165) is 18.7 Å². The van der Waals surface area contributed by atoms with E-state index in [9.17, 15) is 9.59 Å². The van der Waals surface area contributed by atoms with Gasteiger partial charge in [-0.15, -0.1) is 12.4 Å². The number of halogens is 2. The van der Waals surface area contributed by atoms with Crippen LogP contribution in [0.3, 0.4) is 0 Å². The summed E-state index contributed by atoms with van der Waals surface area (Å²) in [6, 6.07) is 18.6. The van der Waals surface area contributed by atoms with Gasteiger partial charge in [-0.1, -0.05) is 23.7 Å². The summed E-state index contributed by atoms with van der Waals surface area (Å²) >= 11 is 5.96. The van der Waals surface area contributed by atoms with E-state index in [1.165, 1.54) is 18.2 Å². The number of anilines is 1. The van der Waals surface area contributed by atoms with Gasteiger partial charge in [0.25, 0.3) is 5.91 Å². The molecule has 1 saturated heterocycles. The molecule has 172 valence electrons. The van der Waals surface area contributed by atoms with Crippen LogP contribution in [0, 0.1) is 0 Å². The summed E-state index contributed by atoms with van der Waals surface area (Å²) in [5.41, 5.74) is 2.23. The van der Waals surface area contributed by atoms with E-state index in [0.29, 0.717) is 29.4 Å². The number of benzene rings is 3. The summed E-state index contributed by atoms with van der Waals surface area (Å²) in [6.07, 6.45) is 0.0243. The van der Waals surface area contributed by atoms with Crippen LogP contribution in [0.2, 0.25) is 5.02 Å². The molecule has 1 aliphatic heterocycles. The number of rotatable bonds is 6. The SMILES string of the molecule is Cl.O=C(Nc1ccc(C2CNCCO2)cc1)c1ccc(Oc2ccc(C(=O)O)c(Cl)c2)cc1. The average Bonchev–Trinajstić information content (AvgIpc) is 2.80. The maximum absolute atomic E-state index is 12.6. The number of ether oxygens (including phenoxy) is 2. The van der Waals surface area contributed by atoms with Crippen molar-refractivity contribution in [2.75, 3.05) is 25.0 Å². The van der Waals surface area contributed by atoms with Gasteiger partial charge in [0.05, 0.1) is 23.3 Å². The monoisotopic (exact) mass is 488 g/mol. The first-order valence-corrected chi connectivity index (χ1v) is 10.4. The molecule has 1 heterocycles. The first-order valence-electron chi connectivity index (χ1n) is 10.0. The smallest absolute Gasteiger partial charge is 0.337 e. The molecule has 0 bridgehead atoms. The molecule has 1 aliphatic rings. The Balaban J connectivity index is 0.00000306. The molecule has 3 aromatic rings. The van der Waals surface area contributed by atoms with Crippen molar-refractivity contribution in [3.63, 3.8) is 0 Å². The highest BCUT2D eigenvalue weighted by molar-refractivity contribution is 6.33. The van der Waals surface area contributed by atoms with E-state index < -0.39 is 5.97 Å². The molecule has 0 saturated carbocycles. The molecule has 0 aliphatic carbocycles. The maximum Gasteiger partial charge on any atom is 0.337 e.